The van der Waals surface area contributed by atoms with Crippen molar-refractivity contribution >= 4 is 29.2 Å². The van der Waals surface area contributed by atoms with Gasteiger partial charge in [0.05, 0.1) is 31.0 Å². The van der Waals surface area contributed by atoms with Gasteiger partial charge in [-0.3, -0.25) is 4.79 Å². The minimum absolute atomic E-state index is 0.0716. The molecule has 0 saturated carbocycles. The van der Waals surface area contributed by atoms with Crippen molar-refractivity contribution in [3.05, 3.63) is 47.6 Å². The summed E-state index contributed by atoms with van der Waals surface area (Å²) in [6.45, 7) is 9.53. The summed E-state index contributed by atoms with van der Waals surface area (Å²) in [5.74, 6) is -1.32. The second-order valence-electron chi connectivity index (χ2n) is 11.9. The van der Waals surface area contributed by atoms with Gasteiger partial charge in [0.25, 0.3) is 0 Å². The van der Waals surface area contributed by atoms with E-state index in [2.05, 4.69) is 9.88 Å². The third kappa shape index (κ3) is 8.64. The summed E-state index contributed by atoms with van der Waals surface area (Å²) in [5.41, 5.74) is 2.23. The predicted octanol–water partition coefficient (Wildman–Crippen LogP) is 4.26. The molecule has 1 fully saturated rings. The third-order valence-corrected chi connectivity index (χ3v) is 8.34. The Hall–Kier alpha value is -3.28. The highest BCUT2D eigenvalue weighted by molar-refractivity contribution is 5.79. The molecule has 11 heteroatoms. The Morgan fingerprint density at radius 1 is 1.19 bits per heavy atom. The van der Waals surface area contributed by atoms with Crippen molar-refractivity contribution in [1.82, 2.24) is 19.4 Å². The van der Waals surface area contributed by atoms with Gasteiger partial charge in [0.1, 0.15) is 17.7 Å². The number of ether oxygens (including phenoxy) is 3. The number of benzene rings is 1. The lowest BCUT2D eigenvalue weighted by Crippen LogP contribution is -2.48. The van der Waals surface area contributed by atoms with Crippen LogP contribution in [0.3, 0.4) is 0 Å². The zero-order valence-corrected chi connectivity index (χ0v) is 25.9. The summed E-state index contributed by atoms with van der Waals surface area (Å²) in [6.07, 6.45) is 5.55. The van der Waals surface area contributed by atoms with Crippen LogP contribution in [0, 0.1) is 17.7 Å². The number of carbonyl (C=O) groups excluding carboxylic acids is 2. The molecular formula is C32H45FN4O6. The van der Waals surface area contributed by atoms with Gasteiger partial charge in [-0.1, -0.05) is 26.0 Å². The minimum atomic E-state index is -0.878. The molecule has 236 valence electrons. The number of aliphatic hydroxyl groups is 1. The van der Waals surface area contributed by atoms with Crippen molar-refractivity contribution in [1.29, 1.82) is 0 Å². The SMILES string of the molecule is COCCn1cnc2c(F)cc(/C=C(\C)[C@H]3OC(=O)C[C@@H](O)CC[C@@H](C)[C@@H](OC(=O)N4CCN(C)CC4)/C=C\[C@@H]3C)cc21. The minimum Gasteiger partial charge on any atom is -0.457 e. The Balaban J connectivity index is 1.59. The molecule has 1 N–H and O–H groups in total. The summed E-state index contributed by atoms with van der Waals surface area (Å²) in [4.78, 5) is 34.0. The Bertz CT molecular complexity index is 1320. The molecule has 2 aliphatic heterocycles. The molecule has 10 nitrogen and oxygen atoms in total. The molecule has 0 aliphatic carbocycles. The number of aliphatic hydroxyl groups excluding tert-OH is 1. The zero-order valence-electron chi connectivity index (χ0n) is 25.9. The van der Waals surface area contributed by atoms with Gasteiger partial charge >= 0.3 is 12.1 Å². The monoisotopic (exact) mass is 600 g/mol. The van der Waals surface area contributed by atoms with Gasteiger partial charge in [-0.05, 0) is 62.1 Å². The quantitative estimate of drug-likeness (QED) is 0.387. The van der Waals surface area contributed by atoms with Crippen LogP contribution in [0.4, 0.5) is 9.18 Å². The number of halogens is 1. The number of likely N-dealkylation sites (N-methyl/N-ethyl adjacent to an activating group) is 1. The fourth-order valence-electron chi connectivity index (χ4n) is 5.57. The summed E-state index contributed by atoms with van der Waals surface area (Å²) in [6, 6.07) is 3.26. The lowest BCUT2D eigenvalue weighted by Gasteiger charge is -2.33. The molecule has 4 rings (SSSR count). The van der Waals surface area contributed by atoms with E-state index in [1.54, 1.807) is 24.4 Å². The molecule has 0 radical (unpaired) electrons. The number of cyclic esters (lactones) is 1. The first kappa shape index (κ1) is 32.6. The van der Waals surface area contributed by atoms with Crippen molar-refractivity contribution < 1.29 is 33.3 Å². The molecule has 43 heavy (non-hydrogen) atoms. The van der Waals surface area contributed by atoms with Crippen LogP contribution in [-0.2, 0) is 25.5 Å². The largest absolute Gasteiger partial charge is 0.457 e. The maximum atomic E-state index is 15.0. The highest BCUT2D eigenvalue weighted by Crippen LogP contribution is 2.27. The number of carbonyl (C=O) groups is 2. The molecule has 0 spiro atoms. The lowest BCUT2D eigenvalue weighted by atomic mass is 9.91. The average molecular weight is 601 g/mol. The van der Waals surface area contributed by atoms with Crippen molar-refractivity contribution in [2.75, 3.05) is 46.9 Å². The van der Waals surface area contributed by atoms with E-state index in [9.17, 15) is 19.1 Å². The Morgan fingerprint density at radius 2 is 1.93 bits per heavy atom. The van der Waals surface area contributed by atoms with Gasteiger partial charge in [0.2, 0.25) is 0 Å². The van der Waals surface area contributed by atoms with Gasteiger partial charge < -0.3 is 33.7 Å². The molecule has 2 aliphatic rings. The van der Waals surface area contributed by atoms with E-state index in [4.69, 9.17) is 14.2 Å². The Labute approximate surface area is 253 Å². The fourth-order valence-corrected chi connectivity index (χ4v) is 5.57. The summed E-state index contributed by atoms with van der Waals surface area (Å²) in [5, 5.41) is 10.6. The van der Waals surface area contributed by atoms with Crippen LogP contribution < -0.4 is 0 Å². The van der Waals surface area contributed by atoms with Crippen LogP contribution in [0.2, 0.25) is 0 Å². The van der Waals surface area contributed by atoms with E-state index in [-0.39, 0.29) is 29.9 Å². The van der Waals surface area contributed by atoms with Gasteiger partial charge in [0, 0.05) is 45.8 Å². The van der Waals surface area contributed by atoms with Crippen LogP contribution in [-0.4, -0.2) is 102 Å². The highest BCUT2D eigenvalue weighted by Gasteiger charge is 2.29. The zero-order chi connectivity index (χ0) is 31.1. The first-order valence-electron chi connectivity index (χ1n) is 15.1. The number of fused-ring (bicyclic) bond motifs is 1. The van der Waals surface area contributed by atoms with E-state index in [1.807, 2.05) is 50.6 Å². The number of aromatic nitrogens is 2. The normalized spacial score (nSPS) is 27.3. The number of rotatable bonds is 6. The molecule has 1 amide bonds. The second kappa shape index (κ2) is 14.9. The molecule has 5 atom stereocenters. The molecule has 2 aromatic rings. The molecule has 1 saturated heterocycles. The maximum Gasteiger partial charge on any atom is 0.410 e. The van der Waals surface area contributed by atoms with Crippen molar-refractivity contribution in [3.8, 4) is 0 Å². The molecule has 1 aromatic carbocycles. The Kier molecular flexibility index (Phi) is 11.3. The first-order chi connectivity index (χ1) is 20.5. The highest BCUT2D eigenvalue weighted by atomic mass is 19.1. The number of nitrogens with zero attached hydrogens (tertiary/aromatic N) is 4. The predicted molar refractivity (Wildman–Crippen MR) is 162 cm³/mol. The van der Waals surface area contributed by atoms with Crippen LogP contribution in [0.25, 0.3) is 17.1 Å². The average Bonchev–Trinajstić information content (AvgIpc) is 3.38. The van der Waals surface area contributed by atoms with E-state index in [1.165, 1.54) is 6.07 Å². The van der Waals surface area contributed by atoms with E-state index in [0.717, 1.165) is 13.1 Å². The smallest absolute Gasteiger partial charge is 0.410 e. The number of amides is 1. The molecule has 0 unspecified atom stereocenters. The summed E-state index contributed by atoms with van der Waals surface area (Å²) < 4.78 is 33.9. The number of hydrogen-bond donors (Lipinski definition) is 1. The topological polar surface area (TPSA) is 106 Å². The molecular weight excluding hydrogens is 555 g/mol. The standard InChI is InChI=1S/C32H45FN4O6/c1-21-6-8-25(38)19-29(39)43-31(22(2)7-9-28(21)42-32(40)36-12-10-35(4)11-13-36)23(3)16-24-17-26(33)30-27(18-24)37(20-34-30)14-15-41-5/h7,9,16-18,20-22,25,28,31,38H,6,8,10-15,19H2,1-5H3/b9-7-,23-16+/t21-,22+,25+,28+,31+/m1/s1. The number of hydrogen-bond acceptors (Lipinski definition) is 8. The van der Waals surface area contributed by atoms with Gasteiger partial charge in [-0.25, -0.2) is 14.2 Å². The molecule has 0 bridgehead atoms. The summed E-state index contributed by atoms with van der Waals surface area (Å²) >= 11 is 0. The van der Waals surface area contributed by atoms with Crippen LogP contribution in [0.5, 0.6) is 0 Å². The van der Waals surface area contributed by atoms with Crippen LogP contribution in [0.1, 0.15) is 45.6 Å². The summed E-state index contributed by atoms with van der Waals surface area (Å²) in [7, 11) is 3.63. The van der Waals surface area contributed by atoms with Crippen molar-refractivity contribution in [2.45, 2.75) is 64.9 Å². The number of imidazole rings is 1. The van der Waals surface area contributed by atoms with Crippen molar-refractivity contribution in [2.24, 2.45) is 11.8 Å². The number of piperazine rings is 1. The van der Waals surface area contributed by atoms with Crippen molar-refractivity contribution in [3.63, 3.8) is 0 Å². The number of esters is 1. The van der Waals surface area contributed by atoms with Gasteiger partial charge in [-0.15, -0.1) is 0 Å². The third-order valence-electron chi connectivity index (χ3n) is 8.34. The van der Waals surface area contributed by atoms with Gasteiger partial charge in [-0.2, -0.15) is 0 Å². The van der Waals surface area contributed by atoms with E-state index < -0.39 is 30.1 Å². The maximum absolute atomic E-state index is 15.0. The first-order valence-corrected chi connectivity index (χ1v) is 15.1. The molecule has 1 aromatic heterocycles. The van der Waals surface area contributed by atoms with Crippen LogP contribution in [0.15, 0.2) is 36.2 Å². The number of methoxy groups -OCH3 is 1. The second-order valence-corrected chi connectivity index (χ2v) is 11.9. The molecule has 3 heterocycles. The Morgan fingerprint density at radius 3 is 2.65 bits per heavy atom. The fraction of sp³-hybridized carbons (Fsp3) is 0.594. The lowest BCUT2D eigenvalue weighted by molar-refractivity contribution is -0.151. The van der Waals surface area contributed by atoms with E-state index in [0.29, 0.717) is 55.7 Å². The van der Waals surface area contributed by atoms with Gasteiger partial charge in [0.15, 0.2) is 5.82 Å². The van der Waals surface area contributed by atoms with Crippen LogP contribution >= 0.6 is 0 Å². The van der Waals surface area contributed by atoms with E-state index >= 15 is 0 Å².